The summed E-state index contributed by atoms with van der Waals surface area (Å²) >= 11 is 0. The Kier molecular flexibility index (Phi) is 5.93. The number of benzene rings is 1. The topological polar surface area (TPSA) is 101 Å². The fraction of sp³-hybridized carbons (Fsp3) is 0.500. The number of hydrogen-bond donors (Lipinski definition) is 2. The molecule has 0 aliphatic carbocycles. The molecule has 0 aliphatic heterocycles. The summed E-state index contributed by atoms with van der Waals surface area (Å²) in [6.45, 7) is 7.14. The second-order valence-electron chi connectivity index (χ2n) is 6.18. The lowest BCUT2D eigenvalue weighted by Gasteiger charge is -2.18. The number of carbonyl (C=O) groups is 2. The van der Waals surface area contributed by atoms with Crippen molar-refractivity contribution in [2.75, 3.05) is 6.26 Å². The molecule has 1 aromatic rings. The van der Waals surface area contributed by atoms with Crippen molar-refractivity contribution in [3.63, 3.8) is 0 Å². The van der Waals surface area contributed by atoms with Gasteiger partial charge >= 0.3 is 5.97 Å². The van der Waals surface area contributed by atoms with Gasteiger partial charge in [-0.2, -0.15) is 0 Å². The van der Waals surface area contributed by atoms with Crippen LogP contribution in [-0.2, 0) is 14.6 Å². The summed E-state index contributed by atoms with van der Waals surface area (Å²) in [7, 11) is -3.46. The normalized spacial score (nSPS) is 13.0. The number of carboxylic acid groups (broad SMARTS) is 1. The van der Waals surface area contributed by atoms with E-state index in [0.29, 0.717) is 17.5 Å². The summed E-state index contributed by atoms with van der Waals surface area (Å²) in [6.07, 6.45) is 1.36. The van der Waals surface area contributed by atoms with Crippen LogP contribution in [0.15, 0.2) is 17.0 Å². The first kappa shape index (κ1) is 19.2. The van der Waals surface area contributed by atoms with E-state index in [2.05, 4.69) is 5.32 Å². The third-order valence-corrected chi connectivity index (χ3v) is 4.72. The first-order valence-corrected chi connectivity index (χ1v) is 9.17. The van der Waals surface area contributed by atoms with Gasteiger partial charge in [-0.3, -0.25) is 4.79 Å². The van der Waals surface area contributed by atoms with Crippen LogP contribution in [0.25, 0.3) is 0 Å². The second-order valence-corrected chi connectivity index (χ2v) is 8.19. The zero-order chi connectivity index (χ0) is 17.9. The fourth-order valence-corrected chi connectivity index (χ4v) is 2.93. The molecule has 0 radical (unpaired) electrons. The largest absolute Gasteiger partial charge is 0.480 e. The van der Waals surface area contributed by atoms with E-state index >= 15 is 0 Å². The van der Waals surface area contributed by atoms with Crippen LogP contribution in [0, 0.1) is 19.8 Å². The number of hydrogen-bond acceptors (Lipinski definition) is 4. The lowest BCUT2D eigenvalue weighted by molar-refractivity contribution is -0.139. The Labute approximate surface area is 136 Å². The highest BCUT2D eigenvalue weighted by molar-refractivity contribution is 7.90. The lowest BCUT2D eigenvalue weighted by Crippen LogP contribution is -2.42. The van der Waals surface area contributed by atoms with Crippen LogP contribution in [0.3, 0.4) is 0 Å². The molecule has 1 amide bonds. The molecule has 1 atom stereocenters. The van der Waals surface area contributed by atoms with Crippen LogP contribution in [0.4, 0.5) is 0 Å². The smallest absolute Gasteiger partial charge is 0.326 e. The van der Waals surface area contributed by atoms with Gasteiger partial charge in [-0.05, 0) is 49.4 Å². The highest BCUT2D eigenvalue weighted by Gasteiger charge is 2.24. The maximum Gasteiger partial charge on any atom is 0.326 e. The number of nitrogens with one attached hydrogen (secondary N) is 1. The first-order chi connectivity index (χ1) is 10.4. The molecule has 0 aromatic heterocycles. The molecule has 0 heterocycles. The van der Waals surface area contributed by atoms with Gasteiger partial charge < -0.3 is 10.4 Å². The van der Waals surface area contributed by atoms with E-state index in [0.717, 1.165) is 6.26 Å². The van der Waals surface area contributed by atoms with Crippen LogP contribution >= 0.6 is 0 Å². The predicted molar refractivity (Wildman–Crippen MR) is 87.4 cm³/mol. The Balaban J connectivity index is 3.21. The van der Waals surface area contributed by atoms with Crippen molar-refractivity contribution in [1.29, 1.82) is 0 Å². The van der Waals surface area contributed by atoms with E-state index in [1.54, 1.807) is 13.8 Å². The maximum absolute atomic E-state index is 12.4. The van der Waals surface area contributed by atoms with Crippen molar-refractivity contribution in [1.82, 2.24) is 5.32 Å². The molecule has 1 aromatic carbocycles. The highest BCUT2D eigenvalue weighted by Crippen LogP contribution is 2.20. The van der Waals surface area contributed by atoms with Crippen molar-refractivity contribution in [3.05, 3.63) is 28.8 Å². The standard InChI is InChI=1S/C16H23NO5S/c1-9(2)6-14(16(19)20)17-15(18)13-8-12(23(5,21)22)7-10(3)11(13)4/h7-9,14H,6H2,1-5H3,(H,17,18)(H,19,20)/t14-/m0/s1. The van der Waals surface area contributed by atoms with Gasteiger partial charge in [-0.25, -0.2) is 13.2 Å². The summed E-state index contributed by atoms with van der Waals surface area (Å²) in [6, 6.07) is 1.79. The molecule has 0 saturated heterocycles. The van der Waals surface area contributed by atoms with Gasteiger partial charge in [0.15, 0.2) is 9.84 Å². The molecule has 6 nitrogen and oxygen atoms in total. The first-order valence-electron chi connectivity index (χ1n) is 7.28. The van der Waals surface area contributed by atoms with Crippen molar-refractivity contribution >= 4 is 21.7 Å². The molecule has 128 valence electrons. The minimum absolute atomic E-state index is 0.0430. The van der Waals surface area contributed by atoms with E-state index in [4.69, 9.17) is 0 Å². The number of aryl methyl sites for hydroxylation is 1. The van der Waals surface area contributed by atoms with E-state index in [1.165, 1.54) is 12.1 Å². The zero-order valence-electron chi connectivity index (χ0n) is 14.0. The van der Waals surface area contributed by atoms with E-state index in [1.807, 2.05) is 13.8 Å². The molecular weight excluding hydrogens is 318 g/mol. The molecule has 0 saturated carbocycles. The van der Waals surface area contributed by atoms with Crippen LogP contribution < -0.4 is 5.32 Å². The quantitative estimate of drug-likeness (QED) is 0.823. The fourth-order valence-electron chi connectivity index (χ4n) is 2.21. The van der Waals surface area contributed by atoms with Gasteiger partial charge in [0.1, 0.15) is 6.04 Å². The zero-order valence-corrected chi connectivity index (χ0v) is 14.8. The highest BCUT2D eigenvalue weighted by atomic mass is 32.2. The molecule has 0 fully saturated rings. The molecule has 7 heteroatoms. The van der Waals surface area contributed by atoms with Crippen LogP contribution in [-0.4, -0.2) is 37.7 Å². The predicted octanol–water partition coefficient (Wildman–Crippen LogP) is 1.94. The molecule has 1 rings (SSSR count). The van der Waals surface area contributed by atoms with Crippen molar-refractivity contribution < 1.29 is 23.1 Å². The van der Waals surface area contributed by atoms with Crippen LogP contribution in [0.5, 0.6) is 0 Å². The van der Waals surface area contributed by atoms with E-state index in [-0.39, 0.29) is 16.4 Å². The summed E-state index contributed by atoms with van der Waals surface area (Å²) in [5.74, 6) is -1.59. The molecule has 0 aliphatic rings. The minimum Gasteiger partial charge on any atom is -0.480 e. The summed E-state index contributed by atoms with van der Waals surface area (Å²) < 4.78 is 23.4. The Hall–Kier alpha value is -1.89. The molecule has 0 unspecified atom stereocenters. The van der Waals surface area contributed by atoms with Gasteiger partial charge in [0, 0.05) is 11.8 Å². The number of carboxylic acids is 1. The van der Waals surface area contributed by atoms with E-state index < -0.39 is 27.8 Å². The van der Waals surface area contributed by atoms with Gasteiger partial charge in [-0.1, -0.05) is 13.8 Å². The third kappa shape index (κ3) is 5.06. The average Bonchev–Trinajstić information content (AvgIpc) is 2.38. The average molecular weight is 341 g/mol. The Morgan fingerprint density at radius 3 is 2.22 bits per heavy atom. The van der Waals surface area contributed by atoms with Crippen LogP contribution in [0.2, 0.25) is 0 Å². The Bertz CT molecular complexity index is 722. The second kappa shape index (κ2) is 7.12. The van der Waals surface area contributed by atoms with Crippen molar-refractivity contribution in [2.24, 2.45) is 5.92 Å². The SMILES string of the molecule is Cc1cc(S(C)(=O)=O)cc(C(=O)N[C@@H](CC(C)C)C(=O)O)c1C. The Morgan fingerprint density at radius 1 is 1.22 bits per heavy atom. The maximum atomic E-state index is 12.4. The Morgan fingerprint density at radius 2 is 1.78 bits per heavy atom. The molecule has 2 N–H and O–H groups in total. The summed E-state index contributed by atoms with van der Waals surface area (Å²) in [5.41, 5.74) is 1.47. The van der Waals surface area contributed by atoms with Crippen LogP contribution in [0.1, 0.15) is 41.8 Å². The number of aliphatic carboxylic acids is 1. The minimum atomic E-state index is -3.46. The molecule has 0 bridgehead atoms. The summed E-state index contributed by atoms with van der Waals surface area (Å²) in [5, 5.41) is 11.7. The van der Waals surface area contributed by atoms with Crippen molar-refractivity contribution in [3.8, 4) is 0 Å². The number of rotatable bonds is 6. The number of sulfone groups is 1. The van der Waals surface area contributed by atoms with Gasteiger partial charge in [0.25, 0.3) is 5.91 Å². The molecule has 0 spiro atoms. The number of carbonyl (C=O) groups excluding carboxylic acids is 1. The van der Waals surface area contributed by atoms with Gasteiger partial charge in [0.2, 0.25) is 0 Å². The van der Waals surface area contributed by atoms with Gasteiger partial charge in [0.05, 0.1) is 4.90 Å². The van der Waals surface area contributed by atoms with Gasteiger partial charge in [-0.15, -0.1) is 0 Å². The van der Waals surface area contributed by atoms with Crippen molar-refractivity contribution in [2.45, 2.75) is 45.1 Å². The number of amides is 1. The summed E-state index contributed by atoms with van der Waals surface area (Å²) in [4.78, 5) is 23.7. The lowest BCUT2D eigenvalue weighted by atomic mass is 10.0. The monoisotopic (exact) mass is 341 g/mol. The third-order valence-electron chi connectivity index (χ3n) is 3.62. The molecule has 23 heavy (non-hydrogen) atoms. The van der Waals surface area contributed by atoms with E-state index in [9.17, 15) is 23.1 Å². The molecular formula is C16H23NO5S.